The zero-order chi connectivity index (χ0) is 14.3. The Bertz CT molecular complexity index is 391. The van der Waals surface area contributed by atoms with Gasteiger partial charge in [-0.15, -0.1) is 0 Å². The maximum absolute atomic E-state index is 11.8. The number of anilines is 2. The highest BCUT2D eigenvalue weighted by molar-refractivity contribution is 5.66. The molecule has 6 nitrogen and oxygen atoms in total. The molecule has 0 radical (unpaired) electrons. The van der Waals surface area contributed by atoms with E-state index in [4.69, 9.17) is 15.2 Å². The quantitative estimate of drug-likeness (QED) is 0.701. The zero-order valence-corrected chi connectivity index (χ0v) is 10.9. The van der Waals surface area contributed by atoms with Crippen LogP contribution in [0.2, 0.25) is 0 Å². The van der Waals surface area contributed by atoms with Gasteiger partial charge in [-0.3, -0.25) is 0 Å². The van der Waals surface area contributed by atoms with E-state index in [1.54, 1.807) is 0 Å². The molecule has 1 rings (SSSR count). The third-order valence-corrected chi connectivity index (χ3v) is 1.98. The average Bonchev–Trinajstić information content (AvgIpc) is 2.32. The van der Waals surface area contributed by atoms with Crippen molar-refractivity contribution in [2.45, 2.75) is 26.4 Å². The first-order valence-corrected chi connectivity index (χ1v) is 5.87. The van der Waals surface area contributed by atoms with Crippen LogP contribution in [0, 0.1) is 0 Å². The first kappa shape index (κ1) is 15.4. The van der Waals surface area contributed by atoms with Crippen LogP contribution in [-0.4, -0.2) is 42.3 Å². The molecule has 3 N–H and O–H groups in total. The van der Waals surface area contributed by atoms with Crippen molar-refractivity contribution in [2.75, 3.05) is 30.8 Å². The van der Waals surface area contributed by atoms with Crippen LogP contribution < -0.4 is 15.8 Å². The van der Waals surface area contributed by atoms with Crippen LogP contribution in [0.25, 0.3) is 0 Å². The fourth-order valence-electron chi connectivity index (χ4n) is 1.25. The Labute approximate surface area is 110 Å². The predicted molar refractivity (Wildman–Crippen MR) is 67.5 cm³/mol. The molecule has 0 amide bonds. The molecule has 19 heavy (non-hydrogen) atoms. The second-order valence-electron chi connectivity index (χ2n) is 4.00. The Kier molecular flexibility index (Phi) is 6.20. The Morgan fingerprint density at radius 3 is 2.74 bits per heavy atom. The summed E-state index contributed by atoms with van der Waals surface area (Å²) in [5.74, 6) is 0.687. The second-order valence-corrected chi connectivity index (χ2v) is 4.00. The molecule has 0 bridgehead atoms. The van der Waals surface area contributed by atoms with Crippen LogP contribution in [-0.2, 0) is 4.74 Å². The number of alkyl halides is 2. The normalized spacial score (nSPS) is 11.1. The highest BCUT2D eigenvalue weighted by Gasteiger charge is 2.10. The second kappa shape index (κ2) is 7.67. The number of nitrogens with two attached hydrogens (primary N) is 1. The molecular weight excluding hydrogens is 258 g/mol. The Balaban J connectivity index is 2.45. The summed E-state index contributed by atoms with van der Waals surface area (Å²) in [5, 5.41) is 2.87. The minimum atomic E-state index is -2.46. The fraction of sp³-hybridized carbons (Fsp3) is 0.636. The van der Waals surface area contributed by atoms with E-state index in [-0.39, 0.29) is 18.4 Å². The van der Waals surface area contributed by atoms with Gasteiger partial charge in [0.15, 0.2) is 5.82 Å². The SMILES string of the molecule is CC(C)Oc1ncnc(NCCOCC(F)F)c1N. The standard InChI is InChI=1S/C11H18F2N4O2/c1-7(2)19-11-9(14)10(16-6-17-11)15-3-4-18-5-8(12)13/h6-8H,3-5,14H2,1-2H3,(H,15,16,17). The Morgan fingerprint density at radius 2 is 2.11 bits per heavy atom. The lowest BCUT2D eigenvalue weighted by Crippen LogP contribution is -2.16. The van der Waals surface area contributed by atoms with Gasteiger partial charge < -0.3 is 20.5 Å². The maximum atomic E-state index is 11.8. The van der Waals surface area contributed by atoms with Crippen LogP contribution in [0.3, 0.4) is 0 Å². The average molecular weight is 276 g/mol. The van der Waals surface area contributed by atoms with Crippen LogP contribution in [0.1, 0.15) is 13.8 Å². The number of rotatable bonds is 8. The van der Waals surface area contributed by atoms with E-state index in [1.165, 1.54) is 6.33 Å². The molecule has 0 aliphatic heterocycles. The third kappa shape index (κ3) is 5.64. The third-order valence-electron chi connectivity index (χ3n) is 1.98. The number of nitrogen functional groups attached to an aromatic ring is 1. The first-order chi connectivity index (χ1) is 9.00. The van der Waals surface area contributed by atoms with Gasteiger partial charge in [-0.2, -0.15) is 4.98 Å². The number of nitrogens with zero attached hydrogens (tertiary/aromatic N) is 2. The molecule has 0 saturated carbocycles. The van der Waals surface area contributed by atoms with Crippen LogP contribution in [0.15, 0.2) is 6.33 Å². The predicted octanol–water partition coefficient (Wildman–Crippen LogP) is 1.54. The molecule has 0 aliphatic rings. The molecule has 0 spiro atoms. The minimum Gasteiger partial charge on any atom is -0.473 e. The number of nitrogens with one attached hydrogen (secondary N) is 1. The first-order valence-electron chi connectivity index (χ1n) is 5.87. The lowest BCUT2D eigenvalue weighted by atomic mass is 10.4. The fourth-order valence-corrected chi connectivity index (χ4v) is 1.25. The van der Waals surface area contributed by atoms with Gasteiger partial charge in [0.05, 0.1) is 12.7 Å². The highest BCUT2D eigenvalue weighted by Crippen LogP contribution is 2.24. The zero-order valence-electron chi connectivity index (χ0n) is 10.9. The number of hydrogen-bond acceptors (Lipinski definition) is 6. The lowest BCUT2D eigenvalue weighted by Gasteiger charge is -2.13. The summed E-state index contributed by atoms with van der Waals surface area (Å²) in [6, 6.07) is 0. The molecular formula is C11H18F2N4O2. The van der Waals surface area contributed by atoms with Gasteiger partial charge in [-0.1, -0.05) is 0 Å². The molecule has 8 heteroatoms. The van der Waals surface area contributed by atoms with E-state index in [0.29, 0.717) is 18.2 Å². The summed E-state index contributed by atoms with van der Waals surface area (Å²) in [4.78, 5) is 7.87. The van der Waals surface area contributed by atoms with Crippen molar-refractivity contribution in [1.29, 1.82) is 0 Å². The van der Waals surface area contributed by atoms with Gasteiger partial charge in [0, 0.05) is 6.54 Å². The van der Waals surface area contributed by atoms with E-state index < -0.39 is 13.0 Å². The number of aromatic nitrogens is 2. The summed E-state index contributed by atoms with van der Waals surface area (Å²) >= 11 is 0. The monoisotopic (exact) mass is 276 g/mol. The van der Waals surface area contributed by atoms with Gasteiger partial charge in [0.2, 0.25) is 5.88 Å². The molecule has 0 aliphatic carbocycles. The molecule has 0 fully saturated rings. The van der Waals surface area contributed by atoms with E-state index >= 15 is 0 Å². The largest absolute Gasteiger partial charge is 0.473 e. The van der Waals surface area contributed by atoms with Gasteiger partial charge in [-0.05, 0) is 13.8 Å². The van der Waals surface area contributed by atoms with Gasteiger partial charge in [0.25, 0.3) is 6.43 Å². The summed E-state index contributed by atoms with van der Waals surface area (Å²) in [6.07, 6.45) is -1.20. The topological polar surface area (TPSA) is 82.3 Å². The molecule has 0 unspecified atom stereocenters. The summed E-state index contributed by atoms with van der Waals surface area (Å²) in [6.45, 7) is 3.57. The van der Waals surface area contributed by atoms with E-state index in [9.17, 15) is 8.78 Å². The lowest BCUT2D eigenvalue weighted by molar-refractivity contribution is 0.0215. The van der Waals surface area contributed by atoms with Crippen LogP contribution in [0.5, 0.6) is 5.88 Å². The summed E-state index contributed by atoms with van der Waals surface area (Å²) < 4.78 is 33.8. The van der Waals surface area contributed by atoms with Crippen molar-refractivity contribution in [3.63, 3.8) is 0 Å². The molecule has 0 saturated heterocycles. The number of hydrogen-bond donors (Lipinski definition) is 2. The number of halogens is 2. The van der Waals surface area contributed by atoms with Gasteiger partial charge >= 0.3 is 0 Å². The van der Waals surface area contributed by atoms with Crippen molar-refractivity contribution in [1.82, 2.24) is 9.97 Å². The van der Waals surface area contributed by atoms with Gasteiger partial charge in [0.1, 0.15) is 18.6 Å². The van der Waals surface area contributed by atoms with E-state index in [1.807, 2.05) is 13.8 Å². The van der Waals surface area contributed by atoms with Crippen LogP contribution >= 0.6 is 0 Å². The van der Waals surface area contributed by atoms with Crippen molar-refractivity contribution in [3.05, 3.63) is 6.33 Å². The van der Waals surface area contributed by atoms with Gasteiger partial charge in [-0.25, -0.2) is 13.8 Å². The Hall–Kier alpha value is -1.70. The smallest absolute Gasteiger partial charge is 0.261 e. The van der Waals surface area contributed by atoms with Crippen molar-refractivity contribution >= 4 is 11.5 Å². The number of ether oxygens (including phenoxy) is 2. The molecule has 1 aromatic heterocycles. The Morgan fingerprint density at radius 1 is 1.37 bits per heavy atom. The molecule has 1 aromatic rings. The summed E-state index contributed by atoms with van der Waals surface area (Å²) in [7, 11) is 0. The molecule has 1 heterocycles. The van der Waals surface area contributed by atoms with E-state index in [0.717, 1.165) is 0 Å². The maximum Gasteiger partial charge on any atom is 0.261 e. The van der Waals surface area contributed by atoms with E-state index in [2.05, 4.69) is 15.3 Å². The van der Waals surface area contributed by atoms with Crippen molar-refractivity contribution in [2.24, 2.45) is 0 Å². The highest BCUT2D eigenvalue weighted by atomic mass is 19.3. The van der Waals surface area contributed by atoms with Crippen molar-refractivity contribution < 1.29 is 18.3 Å². The molecule has 108 valence electrons. The summed E-state index contributed by atoms with van der Waals surface area (Å²) in [5.41, 5.74) is 6.10. The van der Waals surface area contributed by atoms with Crippen LogP contribution in [0.4, 0.5) is 20.3 Å². The molecule has 0 atom stereocenters. The van der Waals surface area contributed by atoms with Crippen molar-refractivity contribution in [3.8, 4) is 5.88 Å². The molecule has 0 aromatic carbocycles. The minimum absolute atomic E-state index is 0.0561.